The fraction of sp³-hybridized carbons (Fsp3) is 0.357. The van der Waals surface area contributed by atoms with Crippen molar-refractivity contribution in [3.63, 3.8) is 0 Å². The highest BCUT2D eigenvalue weighted by Crippen LogP contribution is 2.23. The van der Waals surface area contributed by atoms with Gasteiger partial charge < -0.3 is 20.3 Å². The number of rotatable bonds is 4. The SMILES string of the molecule is Cc1cc(C(=O)O)ccc1NC(=O)[C@@H]1CC[C@H](C(=O)O)O1. The molecular weight excluding hydrogens is 278 g/mol. The highest BCUT2D eigenvalue weighted by atomic mass is 16.5. The third-order valence-electron chi connectivity index (χ3n) is 3.32. The number of hydrogen-bond donors (Lipinski definition) is 3. The fourth-order valence-corrected chi connectivity index (χ4v) is 2.16. The summed E-state index contributed by atoms with van der Waals surface area (Å²) in [5.74, 6) is -2.54. The second-order valence-electron chi connectivity index (χ2n) is 4.85. The van der Waals surface area contributed by atoms with Crippen LogP contribution in [0.2, 0.25) is 0 Å². The summed E-state index contributed by atoms with van der Waals surface area (Å²) in [5, 5.41) is 20.3. The molecule has 1 saturated heterocycles. The molecule has 112 valence electrons. The molecule has 1 heterocycles. The average molecular weight is 293 g/mol. The van der Waals surface area contributed by atoms with E-state index in [-0.39, 0.29) is 5.56 Å². The van der Waals surface area contributed by atoms with Crippen LogP contribution in [0.25, 0.3) is 0 Å². The lowest BCUT2D eigenvalue weighted by molar-refractivity contribution is -0.150. The molecule has 2 rings (SSSR count). The number of hydrogen-bond acceptors (Lipinski definition) is 4. The maximum atomic E-state index is 12.0. The van der Waals surface area contributed by atoms with E-state index in [1.54, 1.807) is 6.92 Å². The van der Waals surface area contributed by atoms with Crippen LogP contribution in [0.1, 0.15) is 28.8 Å². The lowest BCUT2D eigenvalue weighted by Crippen LogP contribution is -2.30. The van der Waals surface area contributed by atoms with Crippen LogP contribution in [-0.4, -0.2) is 40.3 Å². The van der Waals surface area contributed by atoms with Crippen molar-refractivity contribution in [3.8, 4) is 0 Å². The Hall–Kier alpha value is -2.41. The largest absolute Gasteiger partial charge is 0.479 e. The molecule has 0 bridgehead atoms. The van der Waals surface area contributed by atoms with Gasteiger partial charge >= 0.3 is 11.9 Å². The number of aliphatic carboxylic acids is 1. The van der Waals surface area contributed by atoms with E-state index in [1.807, 2.05) is 0 Å². The van der Waals surface area contributed by atoms with Crippen molar-refractivity contribution in [1.29, 1.82) is 0 Å². The molecule has 3 N–H and O–H groups in total. The van der Waals surface area contributed by atoms with Crippen LogP contribution in [0.4, 0.5) is 5.69 Å². The van der Waals surface area contributed by atoms with Gasteiger partial charge in [0.15, 0.2) is 6.10 Å². The molecule has 21 heavy (non-hydrogen) atoms. The van der Waals surface area contributed by atoms with Gasteiger partial charge in [0, 0.05) is 5.69 Å². The number of carbonyl (C=O) groups excluding carboxylic acids is 1. The summed E-state index contributed by atoms with van der Waals surface area (Å²) in [5.41, 5.74) is 1.22. The monoisotopic (exact) mass is 293 g/mol. The number of carboxylic acids is 2. The third kappa shape index (κ3) is 3.38. The lowest BCUT2D eigenvalue weighted by atomic mass is 10.1. The van der Waals surface area contributed by atoms with Gasteiger partial charge in [0.25, 0.3) is 5.91 Å². The molecule has 1 aliphatic rings. The molecule has 7 heteroatoms. The van der Waals surface area contributed by atoms with Crippen molar-refractivity contribution in [2.75, 3.05) is 5.32 Å². The molecule has 0 aromatic heterocycles. The number of aryl methyl sites for hydroxylation is 1. The molecule has 7 nitrogen and oxygen atoms in total. The number of amides is 1. The molecule has 1 aliphatic heterocycles. The second kappa shape index (κ2) is 5.92. The summed E-state index contributed by atoms with van der Waals surface area (Å²) in [6, 6.07) is 4.34. The normalized spacial score (nSPS) is 21.0. The molecular formula is C14H15NO6. The first-order valence-corrected chi connectivity index (χ1v) is 6.41. The van der Waals surface area contributed by atoms with E-state index >= 15 is 0 Å². The van der Waals surface area contributed by atoms with Gasteiger partial charge in [0.2, 0.25) is 0 Å². The zero-order valence-electron chi connectivity index (χ0n) is 11.3. The Kier molecular flexibility index (Phi) is 4.23. The minimum absolute atomic E-state index is 0.133. The number of aromatic carboxylic acids is 1. The van der Waals surface area contributed by atoms with E-state index < -0.39 is 30.1 Å². The van der Waals surface area contributed by atoms with Crippen molar-refractivity contribution in [1.82, 2.24) is 0 Å². The standard InChI is InChI=1S/C14H15NO6/c1-7-6-8(13(17)18)2-3-9(7)15-12(16)10-4-5-11(21-10)14(19)20/h2-3,6,10-11H,4-5H2,1H3,(H,15,16)(H,17,18)(H,19,20)/t10-,11+/m0/s1. The van der Waals surface area contributed by atoms with Gasteiger partial charge in [-0.2, -0.15) is 0 Å². The van der Waals surface area contributed by atoms with Gasteiger partial charge in [0.05, 0.1) is 5.56 Å². The summed E-state index contributed by atoms with van der Waals surface area (Å²) in [7, 11) is 0. The van der Waals surface area contributed by atoms with Crippen LogP contribution >= 0.6 is 0 Å². The van der Waals surface area contributed by atoms with E-state index in [0.29, 0.717) is 24.1 Å². The molecule has 0 radical (unpaired) electrons. The molecule has 0 spiro atoms. The smallest absolute Gasteiger partial charge is 0.335 e. The number of nitrogens with one attached hydrogen (secondary N) is 1. The molecule has 1 fully saturated rings. The molecule has 2 atom stereocenters. The lowest BCUT2D eigenvalue weighted by Gasteiger charge is -2.13. The van der Waals surface area contributed by atoms with E-state index in [9.17, 15) is 14.4 Å². The van der Waals surface area contributed by atoms with Gasteiger partial charge in [-0.25, -0.2) is 9.59 Å². The van der Waals surface area contributed by atoms with Crippen molar-refractivity contribution >= 4 is 23.5 Å². The molecule has 1 aromatic carbocycles. The van der Waals surface area contributed by atoms with E-state index in [0.717, 1.165) is 0 Å². The zero-order valence-corrected chi connectivity index (χ0v) is 11.3. The van der Waals surface area contributed by atoms with Gasteiger partial charge in [-0.1, -0.05) is 0 Å². The van der Waals surface area contributed by atoms with Gasteiger partial charge in [-0.15, -0.1) is 0 Å². The molecule has 0 saturated carbocycles. The average Bonchev–Trinajstić information content (AvgIpc) is 2.90. The minimum atomic E-state index is -1.08. The first-order chi connectivity index (χ1) is 9.88. The third-order valence-corrected chi connectivity index (χ3v) is 3.32. The van der Waals surface area contributed by atoms with Crippen molar-refractivity contribution < 1.29 is 29.3 Å². The molecule has 0 aliphatic carbocycles. The Bertz CT molecular complexity index is 597. The van der Waals surface area contributed by atoms with E-state index in [1.165, 1.54) is 18.2 Å². The van der Waals surface area contributed by atoms with E-state index in [4.69, 9.17) is 14.9 Å². The Morgan fingerprint density at radius 1 is 1.19 bits per heavy atom. The maximum Gasteiger partial charge on any atom is 0.335 e. The maximum absolute atomic E-state index is 12.0. The summed E-state index contributed by atoms with van der Waals surface area (Å²) in [6.07, 6.45) is -1.11. The zero-order chi connectivity index (χ0) is 15.6. The van der Waals surface area contributed by atoms with Crippen LogP contribution in [0.3, 0.4) is 0 Å². The Morgan fingerprint density at radius 3 is 2.38 bits per heavy atom. The number of ether oxygens (including phenoxy) is 1. The summed E-state index contributed by atoms with van der Waals surface area (Å²) >= 11 is 0. The Labute approximate surface area is 120 Å². The number of carboxylic acid groups (broad SMARTS) is 2. The highest BCUT2D eigenvalue weighted by molar-refractivity contribution is 5.96. The summed E-state index contributed by atoms with van der Waals surface area (Å²) < 4.78 is 5.15. The first kappa shape index (κ1) is 15.0. The molecule has 0 unspecified atom stereocenters. The second-order valence-corrected chi connectivity index (χ2v) is 4.85. The van der Waals surface area contributed by atoms with Crippen LogP contribution in [0, 0.1) is 6.92 Å². The quantitative estimate of drug-likeness (QED) is 0.770. The minimum Gasteiger partial charge on any atom is -0.479 e. The number of anilines is 1. The highest BCUT2D eigenvalue weighted by Gasteiger charge is 2.34. The van der Waals surface area contributed by atoms with Crippen molar-refractivity contribution in [3.05, 3.63) is 29.3 Å². The van der Waals surface area contributed by atoms with E-state index in [2.05, 4.69) is 5.32 Å². The van der Waals surface area contributed by atoms with Gasteiger partial charge in [-0.05, 0) is 43.5 Å². The predicted octanol–water partition coefficient (Wildman–Crippen LogP) is 1.26. The fourth-order valence-electron chi connectivity index (χ4n) is 2.16. The Morgan fingerprint density at radius 2 is 1.86 bits per heavy atom. The topological polar surface area (TPSA) is 113 Å². The Balaban J connectivity index is 2.03. The van der Waals surface area contributed by atoms with Crippen LogP contribution in [0.5, 0.6) is 0 Å². The first-order valence-electron chi connectivity index (χ1n) is 6.41. The van der Waals surface area contributed by atoms with Crippen LogP contribution < -0.4 is 5.32 Å². The van der Waals surface area contributed by atoms with Crippen LogP contribution in [-0.2, 0) is 14.3 Å². The summed E-state index contributed by atoms with van der Waals surface area (Å²) in [4.78, 5) is 33.6. The number of benzene rings is 1. The summed E-state index contributed by atoms with van der Waals surface area (Å²) in [6.45, 7) is 1.68. The molecule has 1 amide bonds. The molecule has 1 aromatic rings. The number of carbonyl (C=O) groups is 3. The van der Waals surface area contributed by atoms with Gasteiger partial charge in [0.1, 0.15) is 6.10 Å². The predicted molar refractivity (Wildman–Crippen MR) is 72.3 cm³/mol. The van der Waals surface area contributed by atoms with Crippen molar-refractivity contribution in [2.24, 2.45) is 0 Å². The van der Waals surface area contributed by atoms with Crippen LogP contribution in [0.15, 0.2) is 18.2 Å². The van der Waals surface area contributed by atoms with Crippen molar-refractivity contribution in [2.45, 2.75) is 32.0 Å². The van der Waals surface area contributed by atoms with Gasteiger partial charge in [-0.3, -0.25) is 4.79 Å².